The van der Waals surface area contributed by atoms with E-state index in [0.717, 1.165) is 5.56 Å². The maximum atomic E-state index is 13.5. The number of amides is 1. The predicted molar refractivity (Wildman–Crippen MR) is 113 cm³/mol. The number of amidine groups is 1. The number of nitrogens with zero attached hydrogens (tertiary/aromatic N) is 4. The molecule has 8 heteroatoms. The predicted octanol–water partition coefficient (Wildman–Crippen LogP) is 4.92. The molecule has 152 valence electrons. The second-order valence-electron chi connectivity index (χ2n) is 7.08. The van der Waals surface area contributed by atoms with Crippen LogP contribution < -0.4 is 0 Å². The number of hydrogen-bond donors (Lipinski definition) is 2. The molecule has 0 aliphatic carbocycles. The lowest BCUT2D eigenvalue weighted by Crippen LogP contribution is -2.01. The van der Waals surface area contributed by atoms with Gasteiger partial charge < -0.3 is 10.2 Å². The number of rotatable bonds is 3. The summed E-state index contributed by atoms with van der Waals surface area (Å²) in [5, 5.41) is 29.7. The third kappa shape index (κ3) is 3.24. The fourth-order valence-electron chi connectivity index (χ4n) is 3.54. The van der Waals surface area contributed by atoms with Gasteiger partial charge in [0.2, 0.25) is 11.8 Å². The Hall–Kier alpha value is -4.33. The molecule has 0 saturated carbocycles. The van der Waals surface area contributed by atoms with Crippen molar-refractivity contribution in [3.8, 4) is 11.8 Å². The van der Waals surface area contributed by atoms with E-state index in [1.807, 2.05) is 30.3 Å². The number of carbonyl (C=O) groups is 1. The summed E-state index contributed by atoms with van der Waals surface area (Å²) in [6.45, 7) is 0.265. The van der Waals surface area contributed by atoms with Gasteiger partial charge in [0.05, 0.1) is 17.8 Å². The van der Waals surface area contributed by atoms with Crippen molar-refractivity contribution in [3.05, 3.63) is 89.2 Å². The van der Waals surface area contributed by atoms with E-state index >= 15 is 0 Å². The largest absolute Gasteiger partial charge is 0.494 e. The molecule has 5 rings (SSSR count). The van der Waals surface area contributed by atoms with Crippen LogP contribution in [0.1, 0.15) is 21.5 Å². The SMILES string of the molecule is O=C(N=C1N=Nc2ccc(F)cc21)c1ccc2c(O)n(Cc3ccccc3)c(O)c2c1. The third-order valence-electron chi connectivity index (χ3n) is 5.10. The number of halogens is 1. The fourth-order valence-corrected chi connectivity index (χ4v) is 3.54. The quantitative estimate of drug-likeness (QED) is 0.497. The molecule has 0 spiro atoms. The highest BCUT2D eigenvalue weighted by molar-refractivity contribution is 6.14. The van der Waals surface area contributed by atoms with Crippen molar-refractivity contribution in [1.82, 2.24) is 4.57 Å². The van der Waals surface area contributed by atoms with Gasteiger partial charge in [-0.25, -0.2) is 4.39 Å². The summed E-state index contributed by atoms with van der Waals surface area (Å²) < 4.78 is 14.9. The van der Waals surface area contributed by atoms with E-state index < -0.39 is 11.7 Å². The van der Waals surface area contributed by atoms with Gasteiger partial charge in [-0.3, -0.25) is 9.36 Å². The van der Waals surface area contributed by atoms with E-state index in [2.05, 4.69) is 15.2 Å². The second-order valence-corrected chi connectivity index (χ2v) is 7.08. The number of aromatic hydroxyl groups is 2. The van der Waals surface area contributed by atoms with Crippen LogP contribution >= 0.6 is 0 Å². The molecule has 31 heavy (non-hydrogen) atoms. The number of aromatic nitrogens is 1. The fraction of sp³-hybridized carbons (Fsp3) is 0.0435. The summed E-state index contributed by atoms with van der Waals surface area (Å²) >= 11 is 0. The van der Waals surface area contributed by atoms with Gasteiger partial charge in [0.15, 0.2) is 5.84 Å². The van der Waals surface area contributed by atoms with Crippen molar-refractivity contribution in [2.24, 2.45) is 15.2 Å². The molecular weight excluding hydrogens is 399 g/mol. The lowest BCUT2D eigenvalue weighted by molar-refractivity contribution is 0.100. The molecule has 0 fully saturated rings. The molecule has 0 atom stereocenters. The highest BCUT2D eigenvalue weighted by Gasteiger charge is 2.21. The summed E-state index contributed by atoms with van der Waals surface area (Å²) in [5.74, 6) is -1.34. The van der Waals surface area contributed by atoms with E-state index in [0.29, 0.717) is 22.0 Å². The van der Waals surface area contributed by atoms with Gasteiger partial charge >= 0.3 is 0 Å². The van der Waals surface area contributed by atoms with Gasteiger partial charge in [-0.15, -0.1) is 10.2 Å². The second kappa shape index (κ2) is 7.17. The van der Waals surface area contributed by atoms with Crippen molar-refractivity contribution in [2.75, 3.05) is 0 Å². The number of fused-ring (bicyclic) bond motifs is 2. The third-order valence-corrected chi connectivity index (χ3v) is 5.10. The van der Waals surface area contributed by atoms with Crippen molar-refractivity contribution in [2.45, 2.75) is 6.54 Å². The Kier molecular flexibility index (Phi) is 4.32. The minimum Gasteiger partial charge on any atom is -0.494 e. The van der Waals surface area contributed by atoms with Crippen molar-refractivity contribution < 1.29 is 19.4 Å². The lowest BCUT2D eigenvalue weighted by atomic mass is 10.1. The molecule has 1 aliphatic heterocycles. The molecule has 0 saturated heterocycles. The normalized spacial score (nSPS) is 13.8. The standard InChI is InChI=1S/C23H15FN4O3/c24-15-7-9-19-18(11-15)20(27-26-19)25-21(29)14-6-8-16-17(10-14)23(31)28(22(16)30)12-13-4-2-1-3-5-13/h1-11,30-31H,12H2. The topological polar surface area (TPSA) is 99.5 Å². The Morgan fingerprint density at radius 1 is 0.935 bits per heavy atom. The first kappa shape index (κ1) is 18.7. The molecule has 2 heterocycles. The summed E-state index contributed by atoms with van der Waals surface area (Å²) in [6, 6.07) is 17.8. The number of hydrogen-bond acceptors (Lipinski definition) is 4. The first-order valence-corrected chi connectivity index (χ1v) is 9.44. The molecule has 2 N–H and O–H groups in total. The Balaban J connectivity index is 1.51. The zero-order valence-electron chi connectivity index (χ0n) is 16.0. The Labute approximate surface area is 175 Å². The van der Waals surface area contributed by atoms with Gasteiger partial charge in [0.25, 0.3) is 5.91 Å². The van der Waals surface area contributed by atoms with E-state index in [9.17, 15) is 19.4 Å². The zero-order valence-corrected chi connectivity index (χ0v) is 16.0. The molecule has 1 amide bonds. The van der Waals surface area contributed by atoms with Crippen LogP contribution in [0, 0.1) is 5.82 Å². The van der Waals surface area contributed by atoms with Gasteiger partial charge in [-0.2, -0.15) is 4.99 Å². The van der Waals surface area contributed by atoms with Gasteiger partial charge in [-0.05, 0) is 42.0 Å². The first-order valence-electron chi connectivity index (χ1n) is 9.44. The lowest BCUT2D eigenvalue weighted by Gasteiger charge is -2.06. The van der Waals surface area contributed by atoms with Crippen LogP contribution in [0.25, 0.3) is 10.8 Å². The Bertz CT molecular complexity index is 1410. The number of carbonyl (C=O) groups excluding carboxylic acids is 1. The molecule has 0 radical (unpaired) electrons. The average molecular weight is 414 g/mol. The maximum Gasteiger partial charge on any atom is 0.279 e. The van der Waals surface area contributed by atoms with Crippen molar-refractivity contribution >= 4 is 28.2 Å². The monoisotopic (exact) mass is 414 g/mol. The van der Waals surface area contributed by atoms with E-state index in [1.54, 1.807) is 6.07 Å². The summed E-state index contributed by atoms with van der Waals surface area (Å²) in [6.07, 6.45) is 0. The minimum absolute atomic E-state index is 0.0216. The summed E-state index contributed by atoms with van der Waals surface area (Å²) in [5.41, 5.74) is 1.86. The first-order chi connectivity index (χ1) is 15.0. The van der Waals surface area contributed by atoms with Gasteiger partial charge in [0.1, 0.15) is 5.82 Å². The van der Waals surface area contributed by atoms with E-state index in [1.165, 1.54) is 34.9 Å². The summed E-state index contributed by atoms with van der Waals surface area (Å²) in [4.78, 5) is 16.7. The smallest absolute Gasteiger partial charge is 0.279 e. The molecule has 1 aromatic heterocycles. The Morgan fingerprint density at radius 3 is 2.52 bits per heavy atom. The van der Waals surface area contributed by atoms with Crippen LogP contribution in [0.4, 0.5) is 10.1 Å². The highest BCUT2D eigenvalue weighted by Crippen LogP contribution is 2.37. The van der Waals surface area contributed by atoms with Crippen molar-refractivity contribution in [1.29, 1.82) is 0 Å². The van der Waals surface area contributed by atoms with Crippen LogP contribution in [0.5, 0.6) is 11.8 Å². The molecule has 7 nitrogen and oxygen atoms in total. The van der Waals surface area contributed by atoms with Crippen molar-refractivity contribution in [3.63, 3.8) is 0 Å². The van der Waals surface area contributed by atoms with Crippen LogP contribution in [0.2, 0.25) is 0 Å². The molecule has 1 aliphatic rings. The number of azo groups is 1. The number of aliphatic imine (C=N–C) groups is 1. The average Bonchev–Trinajstić information content (AvgIpc) is 3.28. The van der Waals surface area contributed by atoms with Gasteiger partial charge in [0, 0.05) is 16.3 Å². The van der Waals surface area contributed by atoms with Crippen LogP contribution in [-0.2, 0) is 6.54 Å². The zero-order chi connectivity index (χ0) is 21.5. The van der Waals surface area contributed by atoms with Gasteiger partial charge in [-0.1, -0.05) is 30.3 Å². The molecular formula is C23H15FN4O3. The molecule has 4 aromatic rings. The maximum absolute atomic E-state index is 13.5. The highest BCUT2D eigenvalue weighted by atomic mass is 19.1. The van der Waals surface area contributed by atoms with E-state index in [-0.39, 0.29) is 29.7 Å². The van der Waals surface area contributed by atoms with Crippen LogP contribution in [-0.4, -0.2) is 26.5 Å². The number of benzene rings is 3. The molecule has 3 aromatic carbocycles. The molecule has 0 unspecified atom stereocenters. The van der Waals surface area contributed by atoms with Crippen LogP contribution in [0.3, 0.4) is 0 Å². The van der Waals surface area contributed by atoms with Crippen LogP contribution in [0.15, 0.2) is 82.0 Å². The minimum atomic E-state index is -0.623. The van der Waals surface area contributed by atoms with E-state index in [4.69, 9.17) is 0 Å². The molecule has 0 bridgehead atoms. The Morgan fingerprint density at radius 2 is 1.71 bits per heavy atom. The summed E-state index contributed by atoms with van der Waals surface area (Å²) in [7, 11) is 0.